The van der Waals surface area contributed by atoms with Gasteiger partial charge in [-0.3, -0.25) is 4.72 Å². The molecule has 0 atom stereocenters. The van der Waals surface area contributed by atoms with E-state index in [1.807, 2.05) is 6.92 Å². The summed E-state index contributed by atoms with van der Waals surface area (Å²) >= 11 is 0. The summed E-state index contributed by atoms with van der Waals surface area (Å²) < 4.78 is 27.6. The number of pyridine rings is 1. The maximum Gasteiger partial charge on any atom is 0.263 e. The highest BCUT2D eigenvalue weighted by atomic mass is 32.2. The van der Waals surface area contributed by atoms with Crippen LogP contribution in [0.15, 0.2) is 35.4 Å². The Morgan fingerprint density at radius 1 is 1.15 bits per heavy atom. The predicted octanol–water partition coefficient (Wildman–Crippen LogP) is 2.39. The van der Waals surface area contributed by atoms with Crippen LogP contribution < -0.4 is 10.5 Å². The molecule has 0 fully saturated rings. The second-order valence-corrected chi connectivity index (χ2v) is 6.30. The number of hydrogen-bond acceptors (Lipinski definition) is 4. The van der Waals surface area contributed by atoms with Gasteiger partial charge < -0.3 is 5.73 Å². The summed E-state index contributed by atoms with van der Waals surface area (Å²) in [6.45, 7) is 5.31. The van der Waals surface area contributed by atoms with Crippen LogP contribution in [0.5, 0.6) is 0 Å². The minimum Gasteiger partial charge on any atom is -0.398 e. The molecule has 1 heterocycles. The predicted molar refractivity (Wildman–Crippen MR) is 80.1 cm³/mol. The maximum atomic E-state index is 12.5. The van der Waals surface area contributed by atoms with Gasteiger partial charge in [0.25, 0.3) is 10.0 Å². The van der Waals surface area contributed by atoms with Gasteiger partial charge in [0.1, 0.15) is 5.82 Å². The summed E-state index contributed by atoms with van der Waals surface area (Å²) in [6, 6.07) is 6.82. The number of nitrogens with two attached hydrogens (primary N) is 1. The molecule has 3 N–H and O–H groups in total. The fourth-order valence-electron chi connectivity index (χ4n) is 2.06. The Hall–Kier alpha value is -2.08. The lowest BCUT2D eigenvalue weighted by molar-refractivity contribution is 0.599. The van der Waals surface area contributed by atoms with Crippen LogP contribution in [-0.2, 0) is 10.0 Å². The van der Waals surface area contributed by atoms with Crippen molar-refractivity contribution in [3.05, 3.63) is 47.2 Å². The van der Waals surface area contributed by atoms with Crippen LogP contribution in [0.1, 0.15) is 16.7 Å². The first-order valence-corrected chi connectivity index (χ1v) is 7.61. The molecule has 1 aromatic heterocycles. The third-order valence-corrected chi connectivity index (χ3v) is 4.88. The van der Waals surface area contributed by atoms with Crippen LogP contribution in [0, 0.1) is 20.8 Å². The van der Waals surface area contributed by atoms with Crippen molar-refractivity contribution in [3.8, 4) is 0 Å². The summed E-state index contributed by atoms with van der Waals surface area (Å²) in [5.41, 5.74) is 8.43. The number of nitrogens with zero attached hydrogens (tertiary/aromatic N) is 1. The highest BCUT2D eigenvalue weighted by Crippen LogP contribution is 2.28. The molecule has 0 aliphatic rings. The van der Waals surface area contributed by atoms with Crippen LogP contribution in [0.4, 0.5) is 11.5 Å². The molecule has 0 bridgehead atoms. The van der Waals surface area contributed by atoms with Gasteiger partial charge in [0.05, 0.1) is 4.90 Å². The van der Waals surface area contributed by atoms with Crippen molar-refractivity contribution < 1.29 is 8.42 Å². The first kappa shape index (κ1) is 14.3. The van der Waals surface area contributed by atoms with Crippen LogP contribution >= 0.6 is 0 Å². The zero-order valence-electron chi connectivity index (χ0n) is 11.6. The third-order valence-electron chi connectivity index (χ3n) is 3.25. The highest BCUT2D eigenvalue weighted by molar-refractivity contribution is 7.92. The summed E-state index contributed by atoms with van der Waals surface area (Å²) in [6.07, 6.45) is 1.53. The van der Waals surface area contributed by atoms with Gasteiger partial charge >= 0.3 is 0 Å². The Kier molecular flexibility index (Phi) is 3.67. The summed E-state index contributed by atoms with van der Waals surface area (Å²) in [4.78, 5) is 4.19. The molecule has 2 aromatic rings. The second-order valence-electron chi connectivity index (χ2n) is 4.68. The van der Waals surface area contributed by atoms with E-state index in [1.165, 1.54) is 6.20 Å². The van der Waals surface area contributed by atoms with E-state index < -0.39 is 10.0 Å². The molecule has 0 amide bonds. The molecule has 5 nitrogen and oxygen atoms in total. The number of sulfonamides is 1. The van der Waals surface area contributed by atoms with E-state index in [4.69, 9.17) is 5.73 Å². The van der Waals surface area contributed by atoms with Gasteiger partial charge in [0, 0.05) is 11.9 Å². The molecule has 0 saturated heterocycles. The number of benzene rings is 1. The fraction of sp³-hybridized carbons (Fsp3) is 0.214. The van der Waals surface area contributed by atoms with Gasteiger partial charge in [-0.25, -0.2) is 13.4 Å². The number of anilines is 2. The van der Waals surface area contributed by atoms with Gasteiger partial charge in [-0.1, -0.05) is 6.07 Å². The van der Waals surface area contributed by atoms with E-state index in [-0.39, 0.29) is 10.7 Å². The Bertz CT molecular complexity index is 715. The molecule has 0 radical (unpaired) electrons. The van der Waals surface area contributed by atoms with Crippen molar-refractivity contribution in [3.63, 3.8) is 0 Å². The van der Waals surface area contributed by atoms with E-state index in [2.05, 4.69) is 9.71 Å². The molecular weight excluding hydrogens is 274 g/mol. The molecule has 20 heavy (non-hydrogen) atoms. The van der Waals surface area contributed by atoms with Crippen LogP contribution in [0.25, 0.3) is 0 Å². The van der Waals surface area contributed by atoms with E-state index >= 15 is 0 Å². The Balaban J connectivity index is 2.56. The van der Waals surface area contributed by atoms with Crippen molar-refractivity contribution in [2.24, 2.45) is 0 Å². The molecule has 0 spiro atoms. The van der Waals surface area contributed by atoms with Gasteiger partial charge in [-0.05, 0) is 55.7 Å². The van der Waals surface area contributed by atoms with Crippen LogP contribution in [0.2, 0.25) is 0 Å². The van der Waals surface area contributed by atoms with Crippen LogP contribution in [0.3, 0.4) is 0 Å². The van der Waals surface area contributed by atoms with Gasteiger partial charge in [0.2, 0.25) is 0 Å². The van der Waals surface area contributed by atoms with Crippen molar-refractivity contribution in [1.29, 1.82) is 0 Å². The lowest BCUT2D eigenvalue weighted by Gasteiger charge is -2.16. The minimum atomic E-state index is -3.71. The Labute approximate surface area is 118 Å². The van der Waals surface area contributed by atoms with Crippen molar-refractivity contribution >= 4 is 21.5 Å². The number of aromatic nitrogens is 1. The van der Waals surface area contributed by atoms with Crippen molar-refractivity contribution in [1.82, 2.24) is 4.98 Å². The average molecular weight is 291 g/mol. The Morgan fingerprint density at radius 3 is 2.45 bits per heavy atom. The molecule has 1 aromatic carbocycles. The summed E-state index contributed by atoms with van der Waals surface area (Å²) in [7, 11) is -3.71. The lowest BCUT2D eigenvalue weighted by atomic mass is 10.1. The third kappa shape index (κ3) is 2.60. The number of nitrogens with one attached hydrogen (secondary N) is 1. The van der Waals surface area contributed by atoms with Crippen molar-refractivity contribution in [2.45, 2.75) is 25.7 Å². The first-order chi connectivity index (χ1) is 9.33. The van der Waals surface area contributed by atoms with Gasteiger partial charge in [-0.2, -0.15) is 0 Å². The van der Waals surface area contributed by atoms with E-state index in [9.17, 15) is 8.42 Å². The summed E-state index contributed by atoms with van der Waals surface area (Å²) in [5.74, 6) is 0.284. The fourth-order valence-corrected chi connectivity index (χ4v) is 3.64. The molecule has 0 unspecified atom stereocenters. The minimum absolute atomic E-state index is 0.223. The zero-order valence-corrected chi connectivity index (χ0v) is 12.5. The van der Waals surface area contributed by atoms with Crippen LogP contribution in [-0.4, -0.2) is 13.4 Å². The molecule has 2 rings (SSSR count). The van der Waals surface area contributed by atoms with Crippen molar-refractivity contribution in [2.75, 3.05) is 10.5 Å². The van der Waals surface area contributed by atoms with E-state index in [1.54, 1.807) is 38.1 Å². The van der Waals surface area contributed by atoms with Gasteiger partial charge in [-0.15, -0.1) is 0 Å². The lowest BCUT2D eigenvalue weighted by Crippen LogP contribution is -2.17. The molecule has 0 aliphatic heterocycles. The Morgan fingerprint density at radius 2 is 1.85 bits per heavy atom. The molecular formula is C14H17N3O2S. The average Bonchev–Trinajstić information content (AvgIpc) is 2.37. The maximum absolute atomic E-state index is 12.5. The topological polar surface area (TPSA) is 85.1 Å². The molecule has 106 valence electrons. The van der Waals surface area contributed by atoms with Gasteiger partial charge in [0.15, 0.2) is 0 Å². The number of hydrogen-bond donors (Lipinski definition) is 2. The smallest absolute Gasteiger partial charge is 0.263 e. The molecule has 0 aliphatic carbocycles. The number of nitrogen functional groups attached to an aromatic ring is 1. The largest absolute Gasteiger partial charge is 0.398 e. The number of rotatable bonds is 3. The molecule has 6 heteroatoms. The highest BCUT2D eigenvalue weighted by Gasteiger charge is 2.22. The standard InChI is InChI=1S/C14H17N3O2S/c1-9-8-12(15)11(3)14(10(9)2)20(18,19)17-13-6-4-5-7-16-13/h4-8H,15H2,1-3H3,(H,16,17). The van der Waals surface area contributed by atoms with E-state index in [0.29, 0.717) is 16.8 Å². The molecule has 0 saturated carbocycles. The quantitative estimate of drug-likeness (QED) is 0.850. The normalized spacial score (nSPS) is 11.3. The van der Waals surface area contributed by atoms with E-state index in [0.717, 1.165) is 5.56 Å². The second kappa shape index (κ2) is 5.13. The number of aryl methyl sites for hydroxylation is 1. The SMILES string of the molecule is Cc1cc(N)c(C)c(S(=O)(=O)Nc2ccccn2)c1C. The monoisotopic (exact) mass is 291 g/mol. The summed E-state index contributed by atoms with van der Waals surface area (Å²) in [5, 5.41) is 0. The first-order valence-electron chi connectivity index (χ1n) is 6.13. The zero-order chi connectivity index (χ0) is 14.9.